The molecular weight excluding hydrogens is 271 g/mol. The number of nitrogens with zero attached hydrogens (tertiary/aromatic N) is 2. The van der Waals surface area contributed by atoms with Gasteiger partial charge in [0.1, 0.15) is 11.6 Å². The number of halogens is 2. The van der Waals surface area contributed by atoms with Crippen LogP contribution in [-0.4, -0.2) is 36.1 Å². The fourth-order valence-electron chi connectivity index (χ4n) is 2.10. The Morgan fingerprint density at radius 3 is 2.72 bits per heavy atom. The molecule has 1 aliphatic rings. The van der Waals surface area contributed by atoms with Gasteiger partial charge in [0.2, 0.25) is 5.88 Å². The summed E-state index contributed by atoms with van der Waals surface area (Å²) in [5, 5.41) is 0.534. The lowest BCUT2D eigenvalue weighted by Crippen LogP contribution is -2.33. The van der Waals surface area contributed by atoms with Crippen LogP contribution in [0, 0.1) is 0 Å². The number of piperidine rings is 1. The van der Waals surface area contributed by atoms with Crippen LogP contribution in [0.5, 0.6) is 5.88 Å². The molecule has 3 nitrogen and oxygen atoms in total. The van der Waals surface area contributed by atoms with Gasteiger partial charge in [-0.2, -0.15) is 0 Å². The highest BCUT2D eigenvalue weighted by molar-refractivity contribution is 6.32. The highest BCUT2D eigenvalue weighted by Crippen LogP contribution is 2.23. The lowest BCUT2D eigenvalue weighted by Gasteiger charge is -2.26. The third-order valence-corrected chi connectivity index (χ3v) is 3.69. The van der Waals surface area contributed by atoms with E-state index in [1.807, 2.05) is 0 Å². The first-order chi connectivity index (χ1) is 8.79. The number of hydrogen-bond donors (Lipinski definition) is 0. The Kier molecular flexibility index (Phi) is 5.54. The summed E-state index contributed by atoms with van der Waals surface area (Å²) < 4.78 is 5.61. The van der Waals surface area contributed by atoms with E-state index in [-0.39, 0.29) is 0 Å². The second-order valence-electron chi connectivity index (χ2n) is 4.51. The summed E-state index contributed by atoms with van der Waals surface area (Å²) in [4.78, 5) is 6.60. The maximum atomic E-state index is 6.07. The number of alkyl halides is 1. The molecule has 100 valence electrons. The van der Waals surface area contributed by atoms with Gasteiger partial charge in [-0.15, -0.1) is 11.6 Å². The van der Waals surface area contributed by atoms with E-state index in [1.165, 1.54) is 32.4 Å². The third-order valence-electron chi connectivity index (χ3n) is 3.11. The van der Waals surface area contributed by atoms with Crippen LogP contribution in [0.3, 0.4) is 0 Å². The second kappa shape index (κ2) is 7.17. The fourth-order valence-corrected chi connectivity index (χ4v) is 2.49. The molecule has 2 heterocycles. The monoisotopic (exact) mass is 288 g/mol. The molecule has 1 saturated heterocycles. The van der Waals surface area contributed by atoms with Crippen LogP contribution in [0.1, 0.15) is 24.8 Å². The molecule has 0 bridgehead atoms. The van der Waals surface area contributed by atoms with Gasteiger partial charge in [0.15, 0.2) is 0 Å². The van der Waals surface area contributed by atoms with Crippen molar-refractivity contribution in [3.05, 3.63) is 22.8 Å². The smallest absolute Gasteiger partial charge is 0.232 e. The molecule has 1 aliphatic heterocycles. The Morgan fingerprint density at radius 2 is 2.06 bits per heavy atom. The van der Waals surface area contributed by atoms with Crippen molar-refractivity contribution in [2.24, 2.45) is 0 Å². The van der Waals surface area contributed by atoms with Crippen molar-refractivity contribution in [1.29, 1.82) is 0 Å². The lowest BCUT2D eigenvalue weighted by molar-refractivity contribution is 0.180. The molecule has 0 N–H and O–H groups in total. The minimum Gasteiger partial charge on any atom is -0.475 e. The van der Waals surface area contributed by atoms with Crippen LogP contribution in [0.4, 0.5) is 0 Å². The summed E-state index contributed by atoms with van der Waals surface area (Å²) in [5.41, 5.74) is 0.907. The van der Waals surface area contributed by atoms with E-state index in [1.54, 1.807) is 12.3 Å². The Balaban J connectivity index is 1.79. The molecule has 5 heteroatoms. The molecule has 0 atom stereocenters. The van der Waals surface area contributed by atoms with Gasteiger partial charge in [-0.25, -0.2) is 4.98 Å². The second-order valence-corrected chi connectivity index (χ2v) is 5.19. The molecule has 0 aromatic carbocycles. The Labute approximate surface area is 118 Å². The first kappa shape index (κ1) is 13.9. The predicted molar refractivity (Wildman–Crippen MR) is 74.6 cm³/mol. The zero-order chi connectivity index (χ0) is 12.8. The van der Waals surface area contributed by atoms with Crippen LogP contribution in [0.2, 0.25) is 5.02 Å². The van der Waals surface area contributed by atoms with Gasteiger partial charge in [-0.05, 0) is 37.6 Å². The maximum Gasteiger partial charge on any atom is 0.232 e. The van der Waals surface area contributed by atoms with E-state index in [0.29, 0.717) is 23.4 Å². The Bertz CT molecular complexity index is 381. The number of aromatic nitrogens is 1. The van der Waals surface area contributed by atoms with Crippen molar-refractivity contribution in [2.45, 2.75) is 25.1 Å². The highest BCUT2D eigenvalue weighted by atomic mass is 35.5. The molecular formula is C13H18Cl2N2O. The minimum atomic E-state index is 0.417. The van der Waals surface area contributed by atoms with Gasteiger partial charge in [0.05, 0.1) is 0 Å². The average Bonchev–Trinajstić information content (AvgIpc) is 2.42. The van der Waals surface area contributed by atoms with Crippen molar-refractivity contribution in [3.63, 3.8) is 0 Å². The van der Waals surface area contributed by atoms with Crippen LogP contribution < -0.4 is 4.74 Å². The zero-order valence-corrected chi connectivity index (χ0v) is 11.9. The SMILES string of the molecule is ClCc1cnc(OCCN2CCCCC2)c(Cl)c1. The quantitative estimate of drug-likeness (QED) is 0.777. The molecule has 1 aromatic heterocycles. The maximum absolute atomic E-state index is 6.07. The first-order valence-electron chi connectivity index (χ1n) is 6.35. The average molecular weight is 289 g/mol. The topological polar surface area (TPSA) is 25.4 Å². The van der Waals surface area contributed by atoms with Crippen LogP contribution in [0.15, 0.2) is 12.3 Å². The molecule has 2 rings (SSSR count). The van der Waals surface area contributed by atoms with Gasteiger partial charge in [-0.3, -0.25) is 4.90 Å². The van der Waals surface area contributed by atoms with Crippen LogP contribution >= 0.6 is 23.2 Å². The summed E-state index contributed by atoms with van der Waals surface area (Å²) in [6, 6.07) is 1.80. The van der Waals surface area contributed by atoms with E-state index in [4.69, 9.17) is 27.9 Å². The van der Waals surface area contributed by atoms with Crippen molar-refractivity contribution in [3.8, 4) is 5.88 Å². The van der Waals surface area contributed by atoms with Crippen molar-refractivity contribution in [1.82, 2.24) is 9.88 Å². The summed E-state index contributed by atoms with van der Waals surface area (Å²) in [6.45, 7) is 3.92. The van der Waals surface area contributed by atoms with Crippen molar-refractivity contribution < 1.29 is 4.74 Å². The van der Waals surface area contributed by atoms with E-state index in [0.717, 1.165) is 12.1 Å². The predicted octanol–water partition coefficient (Wildman–Crippen LogP) is 3.34. The fraction of sp³-hybridized carbons (Fsp3) is 0.615. The van der Waals surface area contributed by atoms with Crippen LogP contribution in [0.25, 0.3) is 0 Å². The van der Waals surface area contributed by atoms with Gasteiger partial charge >= 0.3 is 0 Å². The number of pyridine rings is 1. The molecule has 1 aromatic rings. The Hall–Kier alpha value is -0.510. The highest BCUT2D eigenvalue weighted by Gasteiger charge is 2.10. The van der Waals surface area contributed by atoms with Crippen LogP contribution in [-0.2, 0) is 5.88 Å². The Morgan fingerprint density at radius 1 is 1.28 bits per heavy atom. The molecule has 0 unspecified atom stereocenters. The van der Waals surface area contributed by atoms with Crippen molar-refractivity contribution >= 4 is 23.2 Å². The van der Waals surface area contributed by atoms with Crippen molar-refractivity contribution in [2.75, 3.05) is 26.2 Å². The molecule has 0 radical (unpaired) electrons. The van der Waals surface area contributed by atoms with E-state index < -0.39 is 0 Å². The minimum absolute atomic E-state index is 0.417. The number of ether oxygens (including phenoxy) is 1. The molecule has 0 saturated carbocycles. The first-order valence-corrected chi connectivity index (χ1v) is 7.26. The lowest BCUT2D eigenvalue weighted by atomic mass is 10.1. The summed E-state index contributed by atoms with van der Waals surface area (Å²) in [7, 11) is 0. The third kappa shape index (κ3) is 4.01. The number of hydrogen-bond acceptors (Lipinski definition) is 3. The zero-order valence-electron chi connectivity index (χ0n) is 10.4. The number of likely N-dealkylation sites (tertiary alicyclic amines) is 1. The normalized spacial score (nSPS) is 16.8. The standard InChI is InChI=1S/C13H18Cl2N2O/c14-9-11-8-12(15)13(16-10-11)18-7-6-17-4-2-1-3-5-17/h8,10H,1-7,9H2. The largest absolute Gasteiger partial charge is 0.475 e. The molecule has 1 fully saturated rings. The molecule has 0 spiro atoms. The molecule has 18 heavy (non-hydrogen) atoms. The molecule has 0 aliphatic carbocycles. The summed E-state index contributed by atoms with van der Waals surface area (Å²) in [5.74, 6) is 0.920. The summed E-state index contributed by atoms with van der Waals surface area (Å²) >= 11 is 11.8. The van der Waals surface area contributed by atoms with Gasteiger partial charge in [-0.1, -0.05) is 18.0 Å². The van der Waals surface area contributed by atoms with Gasteiger partial charge in [0.25, 0.3) is 0 Å². The molecule has 0 amide bonds. The van der Waals surface area contributed by atoms with Gasteiger partial charge in [0, 0.05) is 18.6 Å². The summed E-state index contributed by atoms with van der Waals surface area (Å²) in [6.07, 6.45) is 5.65. The number of rotatable bonds is 5. The van der Waals surface area contributed by atoms with Gasteiger partial charge < -0.3 is 4.74 Å². The van der Waals surface area contributed by atoms with E-state index in [9.17, 15) is 0 Å². The van der Waals surface area contributed by atoms with E-state index in [2.05, 4.69) is 9.88 Å². The van der Waals surface area contributed by atoms with E-state index >= 15 is 0 Å².